The SMILES string of the molecule is Cc1ccc(N)cc1CCc1cc(NC(=O)c2ccc([C@@H](C)OC3CN(C(C)C)C3)cc2)n(C(C)(C)C)n1. The molecule has 0 unspecified atom stereocenters. The van der Waals surface area contributed by atoms with E-state index in [0.717, 1.165) is 42.9 Å². The predicted molar refractivity (Wildman–Crippen MR) is 155 cm³/mol. The molecule has 0 aliphatic carbocycles. The number of nitrogen functional groups attached to an aromatic ring is 1. The minimum absolute atomic E-state index is 0.0140. The van der Waals surface area contributed by atoms with E-state index in [1.54, 1.807) is 0 Å². The standard InChI is InChI=1S/C31H43N5O2/c1-20(2)35-18-28(19-35)38-22(4)23-9-11-24(12-10-23)30(37)33-29-17-27(34-36(29)31(5,6)7)15-13-25-16-26(32)14-8-21(25)3/h8-12,14,16-17,20,22,28H,13,15,18-19,32H2,1-7H3,(H,33,37)/t22-/m1/s1. The number of benzene rings is 2. The Hall–Kier alpha value is -3.16. The first-order valence-corrected chi connectivity index (χ1v) is 13.7. The number of aromatic nitrogens is 2. The van der Waals surface area contributed by atoms with Crippen LogP contribution in [-0.2, 0) is 23.1 Å². The van der Waals surface area contributed by atoms with Gasteiger partial charge >= 0.3 is 0 Å². The molecule has 0 radical (unpaired) electrons. The van der Waals surface area contributed by atoms with Crippen molar-refractivity contribution < 1.29 is 9.53 Å². The van der Waals surface area contributed by atoms with Crippen molar-refractivity contribution in [2.24, 2.45) is 0 Å². The van der Waals surface area contributed by atoms with Crippen LogP contribution in [0.1, 0.15) is 80.4 Å². The molecular weight excluding hydrogens is 474 g/mol. The number of nitrogens with two attached hydrogens (primary N) is 1. The van der Waals surface area contributed by atoms with Gasteiger partial charge in [-0.2, -0.15) is 5.10 Å². The molecule has 1 fully saturated rings. The van der Waals surface area contributed by atoms with Gasteiger partial charge in [-0.1, -0.05) is 18.2 Å². The number of ether oxygens (including phenoxy) is 1. The predicted octanol–water partition coefficient (Wildman–Crippen LogP) is 5.74. The van der Waals surface area contributed by atoms with Gasteiger partial charge in [-0.3, -0.25) is 9.69 Å². The van der Waals surface area contributed by atoms with Gasteiger partial charge in [0.25, 0.3) is 5.91 Å². The fourth-order valence-electron chi connectivity index (χ4n) is 4.81. The fourth-order valence-corrected chi connectivity index (χ4v) is 4.81. The minimum Gasteiger partial charge on any atom is -0.399 e. The van der Waals surface area contributed by atoms with Gasteiger partial charge in [-0.25, -0.2) is 4.68 Å². The Bertz CT molecular complexity index is 1250. The topological polar surface area (TPSA) is 85.4 Å². The summed E-state index contributed by atoms with van der Waals surface area (Å²) in [4.78, 5) is 15.6. The van der Waals surface area contributed by atoms with E-state index in [-0.39, 0.29) is 23.7 Å². The van der Waals surface area contributed by atoms with Crippen molar-refractivity contribution in [3.63, 3.8) is 0 Å². The lowest BCUT2D eigenvalue weighted by molar-refractivity contribution is -0.0972. The number of hydrogen-bond donors (Lipinski definition) is 2. The average Bonchev–Trinajstić information content (AvgIpc) is 3.24. The lowest BCUT2D eigenvalue weighted by atomic mass is 10.0. The first kappa shape index (κ1) is 27.9. The fraction of sp³-hybridized carbons (Fsp3) is 0.484. The summed E-state index contributed by atoms with van der Waals surface area (Å²) in [5.41, 5.74) is 11.5. The molecule has 1 atom stereocenters. The third-order valence-electron chi connectivity index (χ3n) is 7.31. The van der Waals surface area contributed by atoms with Crippen molar-refractivity contribution in [2.75, 3.05) is 24.1 Å². The summed E-state index contributed by atoms with van der Waals surface area (Å²) in [6.07, 6.45) is 1.85. The van der Waals surface area contributed by atoms with Crippen molar-refractivity contribution in [1.29, 1.82) is 0 Å². The summed E-state index contributed by atoms with van der Waals surface area (Å²) in [6, 6.07) is 16.2. The lowest BCUT2D eigenvalue weighted by Gasteiger charge is -2.42. The molecule has 2 heterocycles. The average molecular weight is 518 g/mol. The van der Waals surface area contributed by atoms with Gasteiger partial charge < -0.3 is 15.8 Å². The van der Waals surface area contributed by atoms with Gasteiger partial charge in [-0.15, -0.1) is 0 Å². The molecule has 1 aliphatic rings. The quantitative estimate of drug-likeness (QED) is 0.354. The van der Waals surface area contributed by atoms with Gasteiger partial charge in [0.1, 0.15) is 5.82 Å². The lowest BCUT2D eigenvalue weighted by Crippen LogP contribution is -2.55. The van der Waals surface area contributed by atoms with Crippen LogP contribution >= 0.6 is 0 Å². The molecule has 0 spiro atoms. The number of anilines is 2. The molecule has 0 saturated carbocycles. The second-order valence-corrected chi connectivity index (χ2v) is 11.8. The van der Waals surface area contributed by atoms with E-state index in [1.807, 2.05) is 47.1 Å². The van der Waals surface area contributed by atoms with Crippen LogP contribution in [0.4, 0.5) is 11.5 Å². The number of nitrogens with one attached hydrogen (secondary N) is 1. The summed E-state index contributed by atoms with van der Waals surface area (Å²) >= 11 is 0. The smallest absolute Gasteiger partial charge is 0.256 e. The first-order chi connectivity index (χ1) is 17.9. The Labute approximate surface area is 227 Å². The van der Waals surface area contributed by atoms with E-state index in [2.05, 4.69) is 64.7 Å². The monoisotopic (exact) mass is 517 g/mol. The van der Waals surface area contributed by atoms with E-state index >= 15 is 0 Å². The number of rotatable bonds is 9. The van der Waals surface area contributed by atoms with Crippen LogP contribution in [0.5, 0.6) is 0 Å². The zero-order valence-corrected chi connectivity index (χ0v) is 23.9. The molecular formula is C31H43N5O2. The van der Waals surface area contributed by atoms with Crippen molar-refractivity contribution >= 4 is 17.4 Å². The maximum absolute atomic E-state index is 13.2. The van der Waals surface area contributed by atoms with E-state index < -0.39 is 0 Å². The van der Waals surface area contributed by atoms with Crippen LogP contribution in [0.15, 0.2) is 48.5 Å². The molecule has 3 N–H and O–H groups in total. The molecule has 7 nitrogen and oxygen atoms in total. The van der Waals surface area contributed by atoms with Crippen LogP contribution in [0.2, 0.25) is 0 Å². The molecule has 1 amide bonds. The summed E-state index contributed by atoms with van der Waals surface area (Å²) in [5.74, 6) is 0.544. The zero-order valence-electron chi connectivity index (χ0n) is 23.9. The van der Waals surface area contributed by atoms with E-state index in [9.17, 15) is 4.79 Å². The first-order valence-electron chi connectivity index (χ1n) is 13.7. The van der Waals surface area contributed by atoms with Crippen molar-refractivity contribution in [3.8, 4) is 0 Å². The highest BCUT2D eigenvalue weighted by atomic mass is 16.5. The van der Waals surface area contributed by atoms with Gasteiger partial charge in [-0.05, 0) is 102 Å². The number of hydrogen-bond acceptors (Lipinski definition) is 5. The van der Waals surface area contributed by atoms with E-state index in [1.165, 1.54) is 11.1 Å². The maximum Gasteiger partial charge on any atom is 0.256 e. The van der Waals surface area contributed by atoms with Crippen LogP contribution < -0.4 is 11.1 Å². The largest absolute Gasteiger partial charge is 0.399 e. The van der Waals surface area contributed by atoms with Crippen LogP contribution in [0.25, 0.3) is 0 Å². The molecule has 2 aromatic carbocycles. The third-order valence-corrected chi connectivity index (χ3v) is 7.31. The summed E-state index contributed by atoms with van der Waals surface area (Å²) in [6.45, 7) is 16.8. The summed E-state index contributed by atoms with van der Waals surface area (Å²) in [7, 11) is 0. The number of carbonyl (C=O) groups is 1. The molecule has 0 bridgehead atoms. The highest BCUT2D eigenvalue weighted by Gasteiger charge is 2.30. The zero-order chi connectivity index (χ0) is 27.6. The molecule has 4 rings (SSSR count). The second-order valence-electron chi connectivity index (χ2n) is 11.8. The van der Waals surface area contributed by atoms with Crippen molar-refractivity contribution in [3.05, 3.63) is 76.5 Å². The van der Waals surface area contributed by atoms with Gasteiger partial charge in [0.15, 0.2) is 0 Å². The normalized spacial score (nSPS) is 15.5. The Morgan fingerprint density at radius 2 is 1.76 bits per heavy atom. The van der Waals surface area contributed by atoms with E-state index in [0.29, 0.717) is 17.4 Å². The highest BCUT2D eigenvalue weighted by molar-refractivity contribution is 6.03. The van der Waals surface area contributed by atoms with Crippen molar-refractivity contribution in [2.45, 2.75) is 85.1 Å². The highest BCUT2D eigenvalue weighted by Crippen LogP contribution is 2.26. The van der Waals surface area contributed by atoms with E-state index in [4.69, 9.17) is 15.6 Å². The summed E-state index contributed by atoms with van der Waals surface area (Å²) in [5, 5.41) is 7.93. The Morgan fingerprint density at radius 3 is 2.39 bits per heavy atom. The third kappa shape index (κ3) is 6.63. The molecule has 7 heteroatoms. The molecule has 1 saturated heterocycles. The Balaban J connectivity index is 1.40. The van der Waals surface area contributed by atoms with Gasteiger partial charge in [0, 0.05) is 36.4 Å². The molecule has 204 valence electrons. The van der Waals surface area contributed by atoms with Gasteiger partial charge in [0.2, 0.25) is 0 Å². The van der Waals surface area contributed by atoms with Crippen LogP contribution in [0, 0.1) is 6.92 Å². The Morgan fingerprint density at radius 1 is 1.08 bits per heavy atom. The Kier molecular flexibility index (Phi) is 8.28. The second kappa shape index (κ2) is 11.3. The molecule has 1 aliphatic heterocycles. The minimum atomic E-state index is -0.280. The molecule has 38 heavy (non-hydrogen) atoms. The van der Waals surface area contributed by atoms with Crippen LogP contribution in [0.3, 0.4) is 0 Å². The maximum atomic E-state index is 13.2. The number of aryl methyl sites for hydroxylation is 3. The van der Waals surface area contributed by atoms with Crippen molar-refractivity contribution in [1.82, 2.24) is 14.7 Å². The summed E-state index contributed by atoms with van der Waals surface area (Å²) < 4.78 is 8.11. The van der Waals surface area contributed by atoms with Gasteiger partial charge in [0.05, 0.1) is 23.4 Å². The number of nitrogens with zero attached hydrogens (tertiary/aromatic N) is 3. The number of carbonyl (C=O) groups excluding carboxylic acids is 1. The number of amides is 1. The molecule has 1 aromatic heterocycles. The van der Waals surface area contributed by atoms with Crippen LogP contribution in [-0.4, -0.2) is 45.8 Å². The molecule has 3 aromatic rings. The number of likely N-dealkylation sites (tertiary alicyclic amines) is 1.